The molecule has 4 heterocycles. The summed E-state index contributed by atoms with van der Waals surface area (Å²) in [6.07, 6.45) is 12.9. The van der Waals surface area contributed by atoms with E-state index in [0.717, 1.165) is 37.3 Å². The minimum atomic E-state index is -0.364. The molecule has 4 rings (SSSR count). The van der Waals surface area contributed by atoms with Gasteiger partial charge in [-0.15, -0.1) is 0 Å². The molecule has 0 amide bonds. The highest BCUT2D eigenvalue weighted by molar-refractivity contribution is 5.50. The van der Waals surface area contributed by atoms with Gasteiger partial charge in [0.2, 0.25) is 0 Å². The van der Waals surface area contributed by atoms with Crippen molar-refractivity contribution in [1.29, 1.82) is 0 Å². The van der Waals surface area contributed by atoms with Gasteiger partial charge < -0.3 is 4.57 Å². The van der Waals surface area contributed by atoms with Crippen molar-refractivity contribution in [3.8, 4) is 17.3 Å². The molecule has 4 aromatic rings. The van der Waals surface area contributed by atoms with Crippen molar-refractivity contribution >= 4 is 0 Å². The van der Waals surface area contributed by atoms with Crippen molar-refractivity contribution < 1.29 is 4.39 Å². The van der Waals surface area contributed by atoms with Gasteiger partial charge in [-0.25, -0.2) is 29.0 Å². The number of hydrogen-bond donors (Lipinski definition) is 0. The first-order chi connectivity index (χ1) is 13.3. The third-order valence-corrected chi connectivity index (χ3v) is 4.22. The van der Waals surface area contributed by atoms with Crippen molar-refractivity contribution in [2.45, 2.75) is 25.8 Å². The summed E-state index contributed by atoms with van der Waals surface area (Å²) in [4.78, 5) is 16.9. The topological polar surface area (TPSA) is 74.3 Å². The molecule has 0 N–H and O–H groups in total. The van der Waals surface area contributed by atoms with Gasteiger partial charge >= 0.3 is 0 Å². The predicted octanol–water partition coefficient (Wildman–Crippen LogP) is 3.08. The molecule has 136 valence electrons. The fourth-order valence-electron chi connectivity index (χ4n) is 2.90. The van der Waals surface area contributed by atoms with Crippen LogP contribution in [0.2, 0.25) is 0 Å². The van der Waals surface area contributed by atoms with Crippen LogP contribution in [0.4, 0.5) is 4.39 Å². The van der Waals surface area contributed by atoms with Crippen molar-refractivity contribution in [3.05, 3.63) is 73.1 Å². The van der Waals surface area contributed by atoms with E-state index in [1.54, 1.807) is 35.7 Å². The van der Waals surface area contributed by atoms with E-state index in [2.05, 4.69) is 25.0 Å². The summed E-state index contributed by atoms with van der Waals surface area (Å²) in [6.45, 7) is 0.739. The third-order valence-electron chi connectivity index (χ3n) is 4.22. The molecule has 0 unspecified atom stereocenters. The molecule has 0 bridgehead atoms. The van der Waals surface area contributed by atoms with Gasteiger partial charge in [0, 0.05) is 49.3 Å². The molecule has 0 aliphatic rings. The molecule has 0 atom stereocenters. The van der Waals surface area contributed by atoms with Gasteiger partial charge in [0.05, 0.1) is 0 Å². The maximum Gasteiger partial charge on any atom is 0.161 e. The minimum absolute atomic E-state index is 0.280. The van der Waals surface area contributed by atoms with Crippen LogP contribution in [-0.4, -0.2) is 34.3 Å². The Balaban J connectivity index is 1.36. The molecule has 0 saturated heterocycles. The number of aromatic nitrogens is 7. The van der Waals surface area contributed by atoms with Gasteiger partial charge in [-0.05, 0) is 37.5 Å². The first-order valence-corrected chi connectivity index (χ1v) is 8.74. The highest BCUT2D eigenvalue weighted by Crippen LogP contribution is 2.18. The molecular weight excluding hydrogens is 345 g/mol. The number of rotatable bonds is 7. The highest BCUT2D eigenvalue weighted by Gasteiger charge is 2.11. The quantitative estimate of drug-likeness (QED) is 0.472. The van der Waals surface area contributed by atoms with E-state index in [1.807, 2.05) is 29.1 Å². The Bertz CT molecular complexity index is 1010. The van der Waals surface area contributed by atoms with E-state index in [0.29, 0.717) is 5.82 Å². The summed E-state index contributed by atoms with van der Waals surface area (Å²) in [5, 5.41) is 4.18. The number of halogens is 1. The van der Waals surface area contributed by atoms with Gasteiger partial charge in [0.1, 0.15) is 12.0 Å². The summed E-state index contributed by atoms with van der Waals surface area (Å²) >= 11 is 0. The molecule has 4 aromatic heterocycles. The number of pyridine rings is 1. The average molecular weight is 363 g/mol. The molecule has 0 aliphatic carbocycles. The van der Waals surface area contributed by atoms with Crippen LogP contribution in [-0.2, 0) is 13.0 Å². The van der Waals surface area contributed by atoms with Crippen LogP contribution in [0.5, 0.6) is 0 Å². The van der Waals surface area contributed by atoms with E-state index < -0.39 is 0 Å². The maximum absolute atomic E-state index is 14.0. The van der Waals surface area contributed by atoms with Crippen LogP contribution < -0.4 is 0 Å². The van der Waals surface area contributed by atoms with Gasteiger partial charge in [-0.2, -0.15) is 5.10 Å². The van der Waals surface area contributed by atoms with Crippen LogP contribution in [0.3, 0.4) is 0 Å². The summed E-state index contributed by atoms with van der Waals surface area (Å²) < 4.78 is 17.6. The molecule has 0 saturated carbocycles. The number of unbranched alkanes of at least 4 members (excludes halogenated alkanes) is 1. The van der Waals surface area contributed by atoms with E-state index in [1.165, 1.54) is 6.07 Å². The second-order valence-electron chi connectivity index (χ2n) is 6.05. The van der Waals surface area contributed by atoms with Crippen molar-refractivity contribution in [2.75, 3.05) is 0 Å². The summed E-state index contributed by atoms with van der Waals surface area (Å²) in [7, 11) is 0. The maximum atomic E-state index is 14.0. The summed E-state index contributed by atoms with van der Waals surface area (Å²) in [6, 6.07) is 6.77. The van der Waals surface area contributed by atoms with Gasteiger partial charge in [0.15, 0.2) is 17.5 Å². The molecule has 0 aliphatic heterocycles. The van der Waals surface area contributed by atoms with Crippen LogP contribution in [0.1, 0.15) is 18.5 Å². The number of imidazole rings is 1. The third kappa shape index (κ3) is 3.89. The first kappa shape index (κ1) is 17.0. The summed E-state index contributed by atoms with van der Waals surface area (Å²) in [5.41, 5.74) is 1.25. The minimum Gasteiger partial charge on any atom is -0.330 e. The van der Waals surface area contributed by atoms with Crippen LogP contribution in [0.15, 0.2) is 61.6 Å². The Labute approximate surface area is 155 Å². The number of aryl methyl sites for hydroxylation is 2. The van der Waals surface area contributed by atoms with Crippen molar-refractivity contribution in [2.24, 2.45) is 0 Å². The highest BCUT2D eigenvalue weighted by atomic mass is 19.1. The molecular formula is C19H18FN7. The van der Waals surface area contributed by atoms with E-state index in [9.17, 15) is 4.39 Å². The molecule has 0 spiro atoms. The zero-order valence-electron chi connectivity index (χ0n) is 14.6. The number of nitrogens with zero attached hydrogens (tertiary/aromatic N) is 7. The zero-order valence-corrected chi connectivity index (χ0v) is 14.6. The Kier molecular flexibility index (Phi) is 4.95. The van der Waals surface area contributed by atoms with Crippen LogP contribution in [0, 0.1) is 5.82 Å². The van der Waals surface area contributed by atoms with Crippen LogP contribution in [0.25, 0.3) is 17.3 Å². The lowest BCUT2D eigenvalue weighted by Crippen LogP contribution is -2.04. The molecule has 27 heavy (non-hydrogen) atoms. The predicted molar refractivity (Wildman–Crippen MR) is 97.5 cm³/mol. The van der Waals surface area contributed by atoms with E-state index in [-0.39, 0.29) is 11.5 Å². The van der Waals surface area contributed by atoms with Crippen molar-refractivity contribution in [1.82, 2.24) is 34.3 Å². The average Bonchev–Trinajstić information content (AvgIpc) is 3.38. The molecule has 0 radical (unpaired) electrons. The van der Waals surface area contributed by atoms with E-state index in [4.69, 9.17) is 0 Å². The second kappa shape index (κ2) is 7.86. The second-order valence-corrected chi connectivity index (χ2v) is 6.05. The SMILES string of the molecule is Fc1cccnc1-c1nccn1CCCCc1cc(-n2cccn2)ncn1. The standard InChI is InChI=1S/C19H18FN7/c20-16-6-3-7-21-18(16)19-22-9-12-26(19)10-2-1-5-15-13-17(24-14-23-15)27-11-4-8-25-27/h3-4,6-9,11-14H,1-2,5,10H2. The Morgan fingerprint density at radius 3 is 2.74 bits per heavy atom. The largest absolute Gasteiger partial charge is 0.330 e. The molecule has 8 heteroatoms. The smallest absolute Gasteiger partial charge is 0.161 e. The molecule has 7 nitrogen and oxygen atoms in total. The fourth-order valence-corrected chi connectivity index (χ4v) is 2.90. The lowest BCUT2D eigenvalue weighted by Gasteiger charge is -2.08. The van der Waals surface area contributed by atoms with Gasteiger partial charge in [0.25, 0.3) is 0 Å². The Hall–Kier alpha value is -3.42. The van der Waals surface area contributed by atoms with Gasteiger partial charge in [-0.3, -0.25) is 0 Å². The lowest BCUT2D eigenvalue weighted by molar-refractivity contribution is 0.597. The fraction of sp³-hybridized carbons (Fsp3) is 0.211. The lowest BCUT2D eigenvalue weighted by atomic mass is 10.2. The monoisotopic (exact) mass is 363 g/mol. The number of hydrogen-bond acceptors (Lipinski definition) is 5. The molecule has 0 fully saturated rings. The Morgan fingerprint density at radius 2 is 1.89 bits per heavy atom. The van der Waals surface area contributed by atoms with Crippen LogP contribution >= 0.6 is 0 Å². The molecule has 0 aromatic carbocycles. The normalized spacial score (nSPS) is 11.0. The Morgan fingerprint density at radius 1 is 0.926 bits per heavy atom. The van der Waals surface area contributed by atoms with E-state index >= 15 is 0 Å². The summed E-state index contributed by atoms with van der Waals surface area (Å²) in [5.74, 6) is 0.945. The van der Waals surface area contributed by atoms with Gasteiger partial charge in [-0.1, -0.05) is 0 Å². The zero-order chi connectivity index (χ0) is 18.5. The van der Waals surface area contributed by atoms with Crippen molar-refractivity contribution in [3.63, 3.8) is 0 Å². The first-order valence-electron chi connectivity index (χ1n) is 8.74.